The lowest BCUT2D eigenvalue weighted by atomic mass is 10.0. The van der Waals surface area contributed by atoms with Gasteiger partial charge in [-0.3, -0.25) is 5.43 Å². The number of hydrogen-bond acceptors (Lipinski definition) is 4. The van der Waals surface area contributed by atoms with E-state index < -0.39 is 5.97 Å². The summed E-state index contributed by atoms with van der Waals surface area (Å²) < 4.78 is 0. The second-order valence-electron chi connectivity index (χ2n) is 6.20. The van der Waals surface area contributed by atoms with Crippen molar-refractivity contribution in [3.63, 3.8) is 0 Å². The Bertz CT molecular complexity index is 738. The number of rotatable bonds is 6. The van der Waals surface area contributed by atoms with Gasteiger partial charge in [0, 0.05) is 10.1 Å². The molecule has 0 heterocycles. The third kappa shape index (κ3) is 5.36. The second kappa shape index (κ2) is 8.72. The highest BCUT2D eigenvalue weighted by Gasteiger charge is 2.14. The molecule has 1 aliphatic rings. The number of carboxylic acids is 1. The Balaban J connectivity index is 1.54. The molecule has 0 spiro atoms. The van der Waals surface area contributed by atoms with E-state index in [2.05, 4.69) is 34.8 Å². The van der Waals surface area contributed by atoms with E-state index in [1.807, 2.05) is 11.8 Å². The molecule has 0 aliphatic heterocycles. The third-order valence-corrected chi connectivity index (χ3v) is 5.60. The summed E-state index contributed by atoms with van der Waals surface area (Å²) in [4.78, 5) is 12.3. The van der Waals surface area contributed by atoms with Crippen LogP contribution in [0.25, 0.3) is 0 Å². The zero-order valence-corrected chi connectivity index (χ0v) is 14.8. The van der Waals surface area contributed by atoms with E-state index in [1.54, 1.807) is 30.5 Å². The van der Waals surface area contributed by atoms with Gasteiger partial charge in [0.05, 0.1) is 17.5 Å². The van der Waals surface area contributed by atoms with E-state index in [0.717, 1.165) is 10.8 Å². The number of hydrogen-bond donors (Lipinski definition) is 2. The van der Waals surface area contributed by atoms with E-state index in [-0.39, 0.29) is 5.56 Å². The molecule has 3 rings (SSSR count). The van der Waals surface area contributed by atoms with Crippen LogP contribution in [0.4, 0.5) is 5.69 Å². The fourth-order valence-electron chi connectivity index (χ4n) is 2.91. The minimum atomic E-state index is -0.946. The van der Waals surface area contributed by atoms with Crippen LogP contribution >= 0.6 is 11.8 Å². The first kappa shape index (κ1) is 17.5. The topological polar surface area (TPSA) is 61.7 Å². The quantitative estimate of drug-likeness (QED) is 0.549. The average molecular weight is 354 g/mol. The highest BCUT2D eigenvalue weighted by molar-refractivity contribution is 8.00. The first-order valence-corrected chi connectivity index (χ1v) is 9.48. The summed E-state index contributed by atoms with van der Waals surface area (Å²) in [6, 6.07) is 15.0. The summed E-state index contributed by atoms with van der Waals surface area (Å²) in [5, 5.41) is 13.9. The fraction of sp³-hybridized carbons (Fsp3) is 0.300. The molecule has 4 nitrogen and oxygen atoms in total. The van der Waals surface area contributed by atoms with Gasteiger partial charge in [-0.1, -0.05) is 37.5 Å². The van der Waals surface area contributed by atoms with Crippen molar-refractivity contribution in [1.29, 1.82) is 0 Å². The van der Waals surface area contributed by atoms with Crippen LogP contribution in [0.5, 0.6) is 0 Å². The van der Waals surface area contributed by atoms with Gasteiger partial charge in [-0.15, -0.1) is 11.8 Å². The first-order chi connectivity index (χ1) is 12.2. The summed E-state index contributed by atoms with van der Waals surface area (Å²) in [5.74, 6) is -0.946. The van der Waals surface area contributed by atoms with Gasteiger partial charge in [0.2, 0.25) is 0 Å². The molecule has 0 aromatic heterocycles. The van der Waals surface area contributed by atoms with E-state index in [4.69, 9.17) is 5.11 Å². The number of carbonyl (C=O) groups is 1. The van der Waals surface area contributed by atoms with Crippen molar-refractivity contribution in [3.05, 3.63) is 59.7 Å². The normalized spacial score (nSPS) is 15.4. The van der Waals surface area contributed by atoms with Gasteiger partial charge < -0.3 is 5.11 Å². The fourth-order valence-corrected chi connectivity index (χ4v) is 4.16. The Kier molecular flexibility index (Phi) is 6.12. The molecule has 1 saturated carbocycles. The van der Waals surface area contributed by atoms with Crippen molar-refractivity contribution >= 4 is 29.6 Å². The summed E-state index contributed by atoms with van der Waals surface area (Å²) in [5.41, 5.74) is 4.77. The summed E-state index contributed by atoms with van der Waals surface area (Å²) >= 11 is 1.98. The molecule has 1 aliphatic carbocycles. The van der Waals surface area contributed by atoms with Crippen molar-refractivity contribution in [2.75, 3.05) is 5.43 Å². The lowest BCUT2D eigenvalue weighted by molar-refractivity contribution is 0.0697. The maximum Gasteiger partial charge on any atom is 0.335 e. The third-order valence-electron chi connectivity index (χ3n) is 4.25. The van der Waals surface area contributed by atoms with Crippen LogP contribution in [-0.4, -0.2) is 22.5 Å². The molecule has 25 heavy (non-hydrogen) atoms. The van der Waals surface area contributed by atoms with Gasteiger partial charge in [0.15, 0.2) is 0 Å². The number of carboxylic acid groups (broad SMARTS) is 1. The standard InChI is InChI=1S/C20H22N2O2S/c23-20(24)16-5-4-6-17(13-16)22-21-14-15-9-11-19(12-10-15)25-18-7-2-1-3-8-18/h4-6,9-14,18,22H,1-3,7-8H2,(H,23,24). The number of benzene rings is 2. The van der Waals surface area contributed by atoms with Crippen molar-refractivity contribution in [2.24, 2.45) is 5.10 Å². The molecule has 130 valence electrons. The zero-order valence-electron chi connectivity index (χ0n) is 14.0. The Hall–Kier alpha value is -2.27. The monoisotopic (exact) mass is 354 g/mol. The molecular formula is C20H22N2O2S. The summed E-state index contributed by atoms with van der Waals surface area (Å²) in [7, 11) is 0. The Morgan fingerprint density at radius 1 is 1.12 bits per heavy atom. The molecule has 2 aromatic carbocycles. The predicted octanol–water partition coefficient (Wildman–Crippen LogP) is 5.26. The van der Waals surface area contributed by atoms with Crippen molar-refractivity contribution in [2.45, 2.75) is 42.2 Å². The van der Waals surface area contributed by atoms with Crippen LogP contribution in [0.3, 0.4) is 0 Å². The van der Waals surface area contributed by atoms with Crippen molar-refractivity contribution in [1.82, 2.24) is 0 Å². The highest BCUT2D eigenvalue weighted by Crippen LogP contribution is 2.33. The number of aromatic carboxylic acids is 1. The van der Waals surface area contributed by atoms with Crippen LogP contribution in [0.1, 0.15) is 48.0 Å². The van der Waals surface area contributed by atoms with Crippen LogP contribution in [0, 0.1) is 0 Å². The maximum absolute atomic E-state index is 11.0. The van der Waals surface area contributed by atoms with Crippen molar-refractivity contribution < 1.29 is 9.90 Å². The lowest BCUT2D eigenvalue weighted by Crippen LogP contribution is -2.07. The van der Waals surface area contributed by atoms with E-state index in [1.165, 1.54) is 37.0 Å². The van der Waals surface area contributed by atoms with Gasteiger partial charge >= 0.3 is 5.97 Å². The molecular weight excluding hydrogens is 332 g/mol. The Morgan fingerprint density at radius 3 is 2.60 bits per heavy atom. The molecule has 2 N–H and O–H groups in total. The molecule has 0 amide bonds. The van der Waals surface area contributed by atoms with E-state index in [9.17, 15) is 4.79 Å². The SMILES string of the molecule is O=C(O)c1cccc(NN=Cc2ccc(SC3CCCCC3)cc2)c1. The van der Waals surface area contributed by atoms with Gasteiger partial charge in [-0.25, -0.2) is 4.79 Å². The summed E-state index contributed by atoms with van der Waals surface area (Å²) in [6.07, 6.45) is 8.49. The van der Waals surface area contributed by atoms with Gasteiger partial charge in [-0.05, 0) is 48.7 Å². The van der Waals surface area contributed by atoms with Crippen LogP contribution in [0.15, 0.2) is 58.5 Å². The molecule has 0 unspecified atom stereocenters. The number of hydrazone groups is 1. The number of nitrogens with zero attached hydrogens (tertiary/aromatic N) is 1. The highest BCUT2D eigenvalue weighted by atomic mass is 32.2. The molecule has 0 saturated heterocycles. The minimum Gasteiger partial charge on any atom is -0.478 e. The van der Waals surface area contributed by atoms with Gasteiger partial charge in [0.25, 0.3) is 0 Å². The van der Waals surface area contributed by atoms with Crippen LogP contribution in [0.2, 0.25) is 0 Å². The molecule has 5 heteroatoms. The molecule has 1 fully saturated rings. The Morgan fingerprint density at radius 2 is 1.88 bits per heavy atom. The van der Waals surface area contributed by atoms with E-state index >= 15 is 0 Å². The molecule has 0 atom stereocenters. The van der Waals surface area contributed by atoms with Gasteiger partial charge in [-0.2, -0.15) is 5.10 Å². The average Bonchev–Trinajstić information content (AvgIpc) is 2.64. The zero-order chi connectivity index (χ0) is 17.5. The minimum absolute atomic E-state index is 0.240. The second-order valence-corrected chi connectivity index (χ2v) is 7.58. The number of thioether (sulfide) groups is 1. The molecule has 2 aromatic rings. The van der Waals surface area contributed by atoms with Gasteiger partial charge in [0.1, 0.15) is 0 Å². The first-order valence-electron chi connectivity index (χ1n) is 8.60. The Labute approximate surface area is 152 Å². The van der Waals surface area contributed by atoms with Crippen LogP contribution in [-0.2, 0) is 0 Å². The number of anilines is 1. The smallest absolute Gasteiger partial charge is 0.335 e. The number of nitrogens with one attached hydrogen (secondary N) is 1. The largest absolute Gasteiger partial charge is 0.478 e. The molecule has 0 bridgehead atoms. The maximum atomic E-state index is 11.0. The van der Waals surface area contributed by atoms with Crippen LogP contribution < -0.4 is 5.43 Å². The molecule has 0 radical (unpaired) electrons. The van der Waals surface area contributed by atoms with Crippen molar-refractivity contribution in [3.8, 4) is 0 Å². The van der Waals surface area contributed by atoms with E-state index in [0.29, 0.717) is 5.69 Å². The lowest BCUT2D eigenvalue weighted by Gasteiger charge is -2.20. The summed E-state index contributed by atoms with van der Waals surface area (Å²) in [6.45, 7) is 0. The predicted molar refractivity (Wildman–Crippen MR) is 104 cm³/mol.